The van der Waals surface area contributed by atoms with E-state index in [2.05, 4.69) is 36.7 Å². The Morgan fingerprint density at radius 2 is 1.64 bits per heavy atom. The lowest BCUT2D eigenvalue weighted by Gasteiger charge is -2.10. The quantitative estimate of drug-likeness (QED) is 0.588. The summed E-state index contributed by atoms with van der Waals surface area (Å²) in [7, 11) is 0. The maximum atomic E-state index is 3.50. The molecule has 0 bridgehead atoms. The number of alkyl halides is 1. The molecule has 11 heavy (non-hydrogen) atoms. The standard InChI is InChI=1S/C10H21Br/c1-4-9(2)6-5-7-10(3)8-11/h9-10H,4-8H2,1-3H3/t9-,10-/m1/s1. The molecule has 0 unspecified atom stereocenters. The molecule has 0 amide bonds. The second-order valence-corrected chi connectivity index (χ2v) is 4.35. The lowest BCUT2D eigenvalue weighted by Crippen LogP contribution is -1.98. The van der Waals surface area contributed by atoms with Crippen LogP contribution in [0.15, 0.2) is 0 Å². The van der Waals surface area contributed by atoms with Gasteiger partial charge in [0.1, 0.15) is 0 Å². The first kappa shape index (κ1) is 11.5. The Balaban J connectivity index is 3.13. The summed E-state index contributed by atoms with van der Waals surface area (Å²) in [5.74, 6) is 1.79. The van der Waals surface area contributed by atoms with Gasteiger partial charge in [-0.05, 0) is 18.3 Å². The van der Waals surface area contributed by atoms with Crippen LogP contribution in [0.4, 0.5) is 0 Å². The summed E-state index contributed by atoms with van der Waals surface area (Å²) >= 11 is 3.50. The monoisotopic (exact) mass is 220 g/mol. The van der Waals surface area contributed by atoms with Gasteiger partial charge in [-0.1, -0.05) is 56.0 Å². The van der Waals surface area contributed by atoms with Crippen molar-refractivity contribution in [2.75, 3.05) is 5.33 Å². The third-order valence-electron chi connectivity index (χ3n) is 2.35. The summed E-state index contributed by atoms with van der Waals surface area (Å²) in [5, 5.41) is 1.16. The molecular weight excluding hydrogens is 200 g/mol. The highest BCUT2D eigenvalue weighted by Gasteiger charge is 2.01. The van der Waals surface area contributed by atoms with Crippen molar-refractivity contribution in [3.05, 3.63) is 0 Å². The first-order valence-corrected chi connectivity index (χ1v) is 5.88. The average Bonchev–Trinajstić information content (AvgIpc) is 2.04. The lowest BCUT2D eigenvalue weighted by atomic mass is 9.98. The molecule has 0 nitrogen and oxygen atoms in total. The Labute approximate surface area is 79.9 Å². The average molecular weight is 221 g/mol. The molecule has 0 saturated carbocycles. The Morgan fingerprint density at radius 3 is 2.09 bits per heavy atom. The minimum Gasteiger partial charge on any atom is -0.0925 e. The zero-order chi connectivity index (χ0) is 8.69. The van der Waals surface area contributed by atoms with Gasteiger partial charge in [-0.2, -0.15) is 0 Å². The number of halogens is 1. The van der Waals surface area contributed by atoms with Gasteiger partial charge in [0.2, 0.25) is 0 Å². The van der Waals surface area contributed by atoms with E-state index in [1.807, 2.05) is 0 Å². The van der Waals surface area contributed by atoms with Crippen LogP contribution in [-0.4, -0.2) is 5.33 Å². The number of rotatable bonds is 6. The molecule has 0 saturated heterocycles. The molecule has 0 aromatic heterocycles. The van der Waals surface area contributed by atoms with Crippen LogP contribution in [0.2, 0.25) is 0 Å². The predicted molar refractivity (Wildman–Crippen MR) is 56.3 cm³/mol. The molecule has 0 aliphatic heterocycles. The van der Waals surface area contributed by atoms with Crippen molar-refractivity contribution >= 4 is 15.9 Å². The molecular formula is C10H21Br. The molecule has 0 rings (SSSR count). The fraction of sp³-hybridized carbons (Fsp3) is 1.00. The third-order valence-corrected chi connectivity index (χ3v) is 3.46. The largest absolute Gasteiger partial charge is 0.0925 e. The molecule has 0 radical (unpaired) electrons. The fourth-order valence-corrected chi connectivity index (χ4v) is 1.42. The second kappa shape index (κ2) is 7.15. The SMILES string of the molecule is CC[C@@H](C)CCC[C@@H](C)CBr. The van der Waals surface area contributed by atoms with E-state index in [1.54, 1.807) is 0 Å². The zero-order valence-electron chi connectivity index (χ0n) is 8.07. The van der Waals surface area contributed by atoms with Crippen molar-refractivity contribution in [2.24, 2.45) is 11.8 Å². The van der Waals surface area contributed by atoms with Gasteiger partial charge in [-0.15, -0.1) is 0 Å². The fourth-order valence-electron chi connectivity index (χ4n) is 1.10. The Kier molecular flexibility index (Phi) is 7.46. The van der Waals surface area contributed by atoms with Crippen LogP contribution in [0, 0.1) is 11.8 Å². The van der Waals surface area contributed by atoms with Crippen LogP contribution < -0.4 is 0 Å². The van der Waals surface area contributed by atoms with Gasteiger partial charge in [0, 0.05) is 5.33 Å². The maximum absolute atomic E-state index is 3.50. The molecule has 0 aliphatic carbocycles. The zero-order valence-corrected chi connectivity index (χ0v) is 9.65. The second-order valence-electron chi connectivity index (χ2n) is 3.70. The van der Waals surface area contributed by atoms with E-state index in [0.717, 1.165) is 17.2 Å². The summed E-state index contributed by atoms with van der Waals surface area (Å²) in [6, 6.07) is 0. The van der Waals surface area contributed by atoms with Crippen LogP contribution in [0.1, 0.15) is 46.5 Å². The normalized spacial score (nSPS) is 16.4. The van der Waals surface area contributed by atoms with Gasteiger partial charge in [0.05, 0.1) is 0 Å². The van der Waals surface area contributed by atoms with E-state index in [-0.39, 0.29) is 0 Å². The van der Waals surface area contributed by atoms with Crippen molar-refractivity contribution < 1.29 is 0 Å². The molecule has 0 heterocycles. The van der Waals surface area contributed by atoms with Crippen molar-refractivity contribution in [2.45, 2.75) is 46.5 Å². The molecule has 0 aromatic rings. The van der Waals surface area contributed by atoms with Gasteiger partial charge >= 0.3 is 0 Å². The van der Waals surface area contributed by atoms with Crippen molar-refractivity contribution in [3.8, 4) is 0 Å². The van der Waals surface area contributed by atoms with Crippen LogP contribution in [-0.2, 0) is 0 Å². The van der Waals surface area contributed by atoms with E-state index in [1.165, 1.54) is 25.7 Å². The Morgan fingerprint density at radius 1 is 1.09 bits per heavy atom. The van der Waals surface area contributed by atoms with Crippen molar-refractivity contribution in [1.29, 1.82) is 0 Å². The molecule has 0 fully saturated rings. The predicted octanol–water partition coefficient (Wildman–Crippen LogP) is 4.23. The highest BCUT2D eigenvalue weighted by atomic mass is 79.9. The van der Waals surface area contributed by atoms with E-state index in [9.17, 15) is 0 Å². The molecule has 68 valence electrons. The van der Waals surface area contributed by atoms with Gasteiger partial charge in [0.15, 0.2) is 0 Å². The molecule has 0 N–H and O–H groups in total. The van der Waals surface area contributed by atoms with Crippen LogP contribution in [0.5, 0.6) is 0 Å². The lowest BCUT2D eigenvalue weighted by molar-refractivity contribution is 0.452. The number of hydrogen-bond acceptors (Lipinski definition) is 0. The minimum absolute atomic E-state index is 0.860. The van der Waals surface area contributed by atoms with E-state index in [4.69, 9.17) is 0 Å². The summed E-state index contributed by atoms with van der Waals surface area (Å²) in [5.41, 5.74) is 0. The first-order valence-electron chi connectivity index (χ1n) is 4.76. The van der Waals surface area contributed by atoms with Crippen LogP contribution >= 0.6 is 15.9 Å². The minimum atomic E-state index is 0.860. The molecule has 0 aromatic carbocycles. The molecule has 1 heteroatoms. The summed E-state index contributed by atoms with van der Waals surface area (Å²) in [6.45, 7) is 6.93. The summed E-state index contributed by atoms with van der Waals surface area (Å²) < 4.78 is 0. The topological polar surface area (TPSA) is 0 Å². The van der Waals surface area contributed by atoms with E-state index < -0.39 is 0 Å². The van der Waals surface area contributed by atoms with Crippen LogP contribution in [0.3, 0.4) is 0 Å². The van der Waals surface area contributed by atoms with Gasteiger partial charge in [-0.3, -0.25) is 0 Å². The molecule has 2 atom stereocenters. The number of hydrogen-bond donors (Lipinski definition) is 0. The van der Waals surface area contributed by atoms with Gasteiger partial charge in [-0.25, -0.2) is 0 Å². The third kappa shape index (κ3) is 6.86. The summed E-state index contributed by atoms with van der Waals surface area (Å²) in [6.07, 6.45) is 5.54. The highest BCUT2D eigenvalue weighted by Crippen LogP contribution is 2.15. The van der Waals surface area contributed by atoms with E-state index >= 15 is 0 Å². The van der Waals surface area contributed by atoms with Crippen molar-refractivity contribution in [1.82, 2.24) is 0 Å². The van der Waals surface area contributed by atoms with Crippen LogP contribution in [0.25, 0.3) is 0 Å². The van der Waals surface area contributed by atoms with Crippen molar-refractivity contribution in [3.63, 3.8) is 0 Å². The maximum Gasteiger partial charge on any atom is 0.00570 e. The highest BCUT2D eigenvalue weighted by molar-refractivity contribution is 9.09. The molecule has 0 spiro atoms. The molecule has 0 aliphatic rings. The Bertz CT molecular complexity index is 70.9. The Hall–Kier alpha value is 0.480. The van der Waals surface area contributed by atoms with E-state index in [0.29, 0.717) is 0 Å². The summed E-state index contributed by atoms with van der Waals surface area (Å²) in [4.78, 5) is 0. The van der Waals surface area contributed by atoms with Gasteiger partial charge < -0.3 is 0 Å². The van der Waals surface area contributed by atoms with Gasteiger partial charge in [0.25, 0.3) is 0 Å². The first-order chi connectivity index (χ1) is 5.20. The smallest absolute Gasteiger partial charge is 0.00570 e.